The van der Waals surface area contributed by atoms with E-state index in [4.69, 9.17) is 5.73 Å². The average molecular weight is 436 g/mol. The van der Waals surface area contributed by atoms with Crippen LogP contribution < -0.4 is 10.5 Å². The molecule has 4 nitrogen and oxygen atoms in total. The van der Waals surface area contributed by atoms with Gasteiger partial charge in [-0.3, -0.25) is 9.71 Å². The molecule has 0 bridgehead atoms. The lowest BCUT2D eigenvalue weighted by atomic mass is 10.00. The predicted molar refractivity (Wildman–Crippen MR) is 111 cm³/mol. The van der Waals surface area contributed by atoms with E-state index in [9.17, 15) is 17.6 Å². The maximum Gasteiger partial charge on any atom is 0.416 e. The van der Waals surface area contributed by atoms with Crippen molar-refractivity contribution in [2.75, 3.05) is 5.73 Å². The molecule has 9 heteroatoms. The number of nitrogens with zero attached hydrogens (tertiary/aromatic N) is 2. The van der Waals surface area contributed by atoms with E-state index >= 15 is 0 Å². The predicted octanol–water partition coefficient (Wildman–Crippen LogP) is 5.95. The first-order chi connectivity index (χ1) is 13.9. The van der Waals surface area contributed by atoms with Gasteiger partial charge in [-0.1, -0.05) is 6.07 Å². The standard InChI is InChI=1S/C21H20F4N4S/c1-20(2,3)29-30-18-7-5-13(21(23,24)25)9-15(18)12-4-6-14(16(22)8-12)17-10-28-19(26)11-27-17/h4-11,29H,1-3H3,(H2,26,28). The Morgan fingerprint density at radius 1 is 0.933 bits per heavy atom. The van der Waals surface area contributed by atoms with Crippen molar-refractivity contribution in [2.24, 2.45) is 0 Å². The van der Waals surface area contributed by atoms with E-state index in [1.54, 1.807) is 6.07 Å². The Morgan fingerprint density at radius 2 is 1.67 bits per heavy atom. The Bertz CT molecular complexity index is 1040. The maximum atomic E-state index is 14.8. The van der Waals surface area contributed by atoms with Gasteiger partial charge in [0.15, 0.2) is 0 Å². The highest BCUT2D eigenvalue weighted by Crippen LogP contribution is 2.38. The summed E-state index contributed by atoms with van der Waals surface area (Å²) >= 11 is 1.20. The minimum absolute atomic E-state index is 0.181. The second-order valence-corrected chi connectivity index (χ2v) is 8.53. The van der Waals surface area contributed by atoms with Gasteiger partial charge in [0.25, 0.3) is 0 Å². The van der Waals surface area contributed by atoms with Crippen LogP contribution in [0.1, 0.15) is 26.3 Å². The van der Waals surface area contributed by atoms with Crippen molar-refractivity contribution in [1.82, 2.24) is 14.7 Å². The van der Waals surface area contributed by atoms with E-state index in [-0.39, 0.29) is 28.2 Å². The fourth-order valence-electron chi connectivity index (χ4n) is 2.60. The molecule has 158 valence electrons. The summed E-state index contributed by atoms with van der Waals surface area (Å²) in [6.07, 6.45) is -1.86. The van der Waals surface area contributed by atoms with E-state index in [1.807, 2.05) is 20.8 Å². The molecule has 0 atom stereocenters. The summed E-state index contributed by atoms with van der Waals surface area (Å²) in [4.78, 5) is 8.48. The van der Waals surface area contributed by atoms with Gasteiger partial charge in [0.05, 0.1) is 23.7 Å². The molecule has 1 aromatic heterocycles. The molecule has 2 aromatic carbocycles. The lowest BCUT2D eigenvalue weighted by molar-refractivity contribution is -0.137. The van der Waals surface area contributed by atoms with Crippen molar-refractivity contribution in [2.45, 2.75) is 37.4 Å². The van der Waals surface area contributed by atoms with Crippen LogP contribution in [0.15, 0.2) is 53.7 Å². The minimum Gasteiger partial charge on any atom is -0.382 e. The largest absolute Gasteiger partial charge is 0.416 e. The maximum absolute atomic E-state index is 14.8. The van der Waals surface area contributed by atoms with Crippen molar-refractivity contribution in [3.63, 3.8) is 0 Å². The molecular weight excluding hydrogens is 416 g/mol. The third kappa shape index (κ3) is 5.28. The number of aromatic nitrogens is 2. The number of rotatable bonds is 4. The summed E-state index contributed by atoms with van der Waals surface area (Å²) in [6.45, 7) is 5.81. The van der Waals surface area contributed by atoms with Gasteiger partial charge in [-0.05, 0) is 74.2 Å². The number of nitrogens with two attached hydrogens (primary N) is 1. The van der Waals surface area contributed by atoms with Crippen LogP contribution in [-0.4, -0.2) is 15.5 Å². The van der Waals surface area contributed by atoms with Gasteiger partial charge in [-0.15, -0.1) is 0 Å². The number of alkyl halides is 3. The number of hydrogen-bond acceptors (Lipinski definition) is 5. The van der Waals surface area contributed by atoms with Gasteiger partial charge in [0.1, 0.15) is 11.6 Å². The van der Waals surface area contributed by atoms with Crippen LogP contribution >= 0.6 is 11.9 Å². The molecule has 0 fully saturated rings. The SMILES string of the molecule is CC(C)(C)NSc1ccc(C(F)(F)F)cc1-c1ccc(-c2cnc(N)cn2)c(F)c1. The highest BCUT2D eigenvalue weighted by atomic mass is 32.2. The Balaban J connectivity index is 2.05. The smallest absolute Gasteiger partial charge is 0.382 e. The summed E-state index contributed by atoms with van der Waals surface area (Å²) < 4.78 is 57.8. The number of anilines is 1. The third-order valence-corrected chi connectivity index (χ3v) is 5.29. The van der Waals surface area contributed by atoms with Crippen molar-refractivity contribution >= 4 is 17.8 Å². The van der Waals surface area contributed by atoms with Gasteiger partial charge in [0.2, 0.25) is 0 Å². The highest BCUT2D eigenvalue weighted by Gasteiger charge is 2.31. The van der Waals surface area contributed by atoms with Crippen LogP contribution in [0.2, 0.25) is 0 Å². The highest BCUT2D eigenvalue weighted by molar-refractivity contribution is 7.97. The van der Waals surface area contributed by atoms with Crippen LogP contribution in [0.5, 0.6) is 0 Å². The Kier molecular flexibility index (Phi) is 6.05. The molecule has 0 radical (unpaired) electrons. The van der Waals surface area contributed by atoms with Crippen LogP contribution in [-0.2, 0) is 6.18 Å². The number of halogens is 4. The van der Waals surface area contributed by atoms with E-state index in [0.29, 0.717) is 10.5 Å². The third-order valence-electron chi connectivity index (χ3n) is 4.00. The Morgan fingerprint density at radius 3 is 2.23 bits per heavy atom. The summed E-state index contributed by atoms with van der Waals surface area (Å²) in [5, 5.41) is 0. The molecule has 3 N–H and O–H groups in total. The zero-order chi connectivity index (χ0) is 22.1. The van der Waals surface area contributed by atoms with Crippen LogP contribution in [0.3, 0.4) is 0 Å². The summed E-state index contributed by atoms with van der Waals surface area (Å²) in [5.41, 5.74) is 5.49. The first-order valence-corrected chi connectivity index (χ1v) is 9.79. The molecule has 0 aliphatic heterocycles. The molecule has 1 heterocycles. The second-order valence-electron chi connectivity index (χ2n) is 7.68. The molecular formula is C21H20F4N4S. The molecule has 0 aliphatic rings. The van der Waals surface area contributed by atoms with Crippen LogP contribution in [0.25, 0.3) is 22.4 Å². The Hall–Kier alpha value is -2.65. The lowest BCUT2D eigenvalue weighted by Crippen LogP contribution is -2.29. The van der Waals surface area contributed by atoms with Crippen molar-refractivity contribution in [1.29, 1.82) is 0 Å². The van der Waals surface area contributed by atoms with Crippen molar-refractivity contribution < 1.29 is 17.6 Å². The molecule has 0 amide bonds. The van der Waals surface area contributed by atoms with E-state index in [2.05, 4.69) is 14.7 Å². The van der Waals surface area contributed by atoms with Crippen molar-refractivity contribution in [3.05, 3.63) is 60.2 Å². The summed E-state index contributed by atoms with van der Waals surface area (Å²) in [5.74, 6) is -0.420. The van der Waals surface area contributed by atoms with Gasteiger partial charge >= 0.3 is 6.18 Å². The van der Waals surface area contributed by atoms with E-state index in [1.165, 1.54) is 42.5 Å². The first-order valence-electron chi connectivity index (χ1n) is 8.97. The summed E-state index contributed by atoms with van der Waals surface area (Å²) in [7, 11) is 0. The monoisotopic (exact) mass is 436 g/mol. The number of nitrogen functional groups attached to an aromatic ring is 1. The zero-order valence-electron chi connectivity index (χ0n) is 16.5. The normalized spacial score (nSPS) is 12.2. The van der Waals surface area contributed by atoms with E-state index < -0.39 is 17.6 Å². The number of nitrogens with one attached hydrogen (secondary N) is 1. The molecule has 0 unspecified atom stereocenters. The fraction of sp³-hybridized carbons (Fsp3) is 0.238. The van der Waals surface area contributed by atoms with Crippen molar-refractivity contribution in [3.8, 4) is 22.4 Å². The van der Waals surface area contributed by atoms with Gasteiger partial charge in [0, 0.05) is 16.0 Å². The van der Waals surface area contributed by atoms with E-state index in [0.717, 1.165) is 12.1 Å². The van der Waals surface area contributed by atoms with Crippen LogP contribution in [0.4, 0.5) is 23.4 Å². The minimum atomic E-state index is -4.51. The number of benzene rings is 2. The van der Waals surface area contributed by atoms with Gasteiger partial charge in [-0.25, -0.2) is 9.37 Å². The molecule has 30 heavy (non-hydrogen) atoms. The average Bonchev–Trinajstić information content (AvgIpc) is 2.66. The number of hydrogen-bond donors (Lipinski definition) is 2. The second kappa shape index (κ2) is 8.23. The molecule has 0 spiro atoms. The summed E-state index contributed by atoms with van der Waals surface area (Å²) in [6, 6.07) is 7.67. The first kappa shape index (κ1) is 22.0. The molecule has 3 aromatic rings. The lowest BCUT2D eigenvalue weighted by Gasteiger charge is -2.21. The van der Waals surface area contributed by atoms with Gasteiger partial charge in [-0.2, -0.15) is 13.2 Å². The van der Waals surface area contributed by atoms with Gasteiger partial charge < -0.3 is 5.73 Å². The van der Waals surface area contributed by atoms with Crippen LogP contribution in [0, 0.1) is 5.82 Å². The molecule has 0 saturated carbocycles. The Labute approximate surface area is 176 Å². The molecule has 0 saturated heterocycles. The molecule has 0 aliphatic carbocycles. The zero-order valence-corrected chi connectivity index (χ0v) is 17.3. The molecule has 3 rings (SSSR count). The quantitative estimate of drug-likeness (QED) is 0.391. The fourth-order valence-corrected chi connectivity index (χ4v) is 3.44. The topological polar surface area (TPSA) is 63.8 Å².